The second kappa shape index (κ2) is 10.8. The Morgan fingerprint density at radius 3 is 2.54 bits per heavy atom. The number of likely N-dealkylation sites (tertiary alicyclic amines) is 2. The van der Waals surface area contributed by atoms with Gasteiger partial charge in [-0.2, -0.15) is 0 Å². The molecule has 2 unspecified atom stereocenters. The lowest BCUT2D eigenvalue weighted by Gasteiger charge is -2.40. The number of nitrogens with zero attached hydrogens (tertiary/aromatic N) is 5. The van der Waals surface area contributed by atoms with Gasteiger partial charge in [0.1, 0.15) is 5.82 Å². The van der Waals surface area contributed by atoms with E-state index in [1.165, 1.54) is 12.0 Å². The van der Waals surface area contributed by atoms with Crippen LogP contribution in [-0.4, -0.2) is 83.9 Å². The molecule has 2 atom stereocenters. The average Bonchev–Trinajstić information content (AvgIpc) is 3.26. The summed E-state index contributed by atoms with van der Waals surface area (Å²) in [5, 5.41) is 0. The second-order valence-corrected chi connectivity index (χ2v) is 10.4. The third-order valence-electron chi connectivity index (χ3n) is 7.75. The van der Waals surface area contributed by atoms with Gasteiger partial charge in [0, 0.05) is 71.5 Å². The highest BCUT2D eigenvalue weighted by molar-refractivity contribution is 5.89. The highest BCUT2D eigenvalue weighted by atomic mass is 16.2. The first-order chi connectivity index (χ1) is 17.0. The fourth-order valence-electron chi connectivity index (χ4n) is 5.74. The monoisotopic (exact) mass is 475 g/mol. The molecule has 3 saturated heterocycles. The minimum absolute atomic E-state index is 0.100. The largest absolute Gasteiger partial charge is 0.354 e. The van der Waals surface area contributed by atoms with Gasteiger partial charge in [-0.25, -0.2) is 4.98 Å². The summed E-state index contributed by atoms with van der Waals surface area (Å²) in [5.41, 5.74) is 2.34. The van der Waals surface area contributed by atoms with E-state index in [9.17, 15) is 9.59 Å². The van der Waals surface area contributed by atoms with Crippen LogP contribution in [0, 0.1) is 18.8 Å². The summed E-state index contributed by atoms with van der Waals surface area (Å²) in [6.07, 6.45) is 4.43. The number of carbonyl (C=O) groups excluding carboxylic acids is 2. The van der Waals surface area contributed by atoms with Crippen molar-refractivity contribution in [3.05, 3.63) is 59.8 Å². The number of hydrogen-bond donors (Lipinski definition) is 0. The Balaban J connectivity index is 1.10. The van der Waals surface area contributed by atoms with Crippen molar-refractivity contribution in [3.63, 3.8) is 0 Å². The van der Waals surface area contributed by atoms with Crippen molar-refractivity contribution < 1.29 is 9.59 Å². The van der Waals surface area contributed by atoms with Gasteiger partial charge in [-0.3, -0.25) is 14.5 Å². The fraction of sp³-hybridized carbons (Fsp3) is 0.536. The molecule has 2 amide bonds. The zero-order valence-corrected chi connectivity index (χ0v) is 20.8. The first-order valence-corrected chi connectivity index (χ1v) is 13.1. The lowest BCUT2D eigenvalue weighted by molar-refractivity contribution is -0.137. The third kappa shape index (κ3) is 5.84. The van der Waals surface area contributed by atoms with Crippen molar-refractivity contribution in [2.75, 3.05) is 57.3 Å². The van der Waals surface area contributed by atoms with Crippen LogP contribution in [-0.2, 0) is 16.1 Å². The number of benzene rings is 1. The molecule has 1 aromatic carbocycles. The standard InChI is InChI=1S/C28H37N5O2/c1-22-7-9-23(10-8-22)19-33-21-25(17-27(33)34)28(35)32-12-4-5-24(20-32)18-30-13-15-31(16-14-30)26-6-2-3-11-29-26/h2-3,6-11,24-25H,4-5,12-21H2,1H3. The molecular formula is C28H37N5O2. The minimum atomic E-state index is -0.200. The molecule has 35 heavy (non-hydrogen) atoms. The number of amides is 2. The number of carbonyl (C=O) groups is 2. The molecule has 0 saturated carbocycles. The summed E-state index contributed by atoms with van der Waals surface area (Å²) < 4.78 is 0. The molecule has 4 heterocycles. The number of aryl methyl sites for hydroxylation is 1. The number of rotatable bonds is 6. The Kier molecular flexibility index (Phi) is 7.32. The van der Waals surface area contributed by atoms with E-state index in [4.69, 9.17) is 0 Å². The Labute approximate surface area is 208 Å². The van der Waals surface area contributed by atoms with Gasteiger partial charge >= 0.3 is 0 Å². The Morgan fingerprint density at radius 2 is 1.80 bits per heavy atom. The molecule has 5 rings (SSSR count). The van der Waals surface area contributed by atoms with E-state index < -0.39 is 0 Å². The van der Waals surface area contributed by atoms with Gasteiger partial charge in [-0.1, -0.05) is 35.9 Å². The van der Waals surface area contributed by atoms with Crippen molar-refractivity contribution >= 4 is 17.6 Å². The van der Waals surface area contributed by atoms with Crippen molar-refractivity contribution in [2.24, 2.45) is 11.8 Å². The topological polar surface area (TPSA) is 60.0 Å². The number of pyridine rings is 1. The quantitative estimate of drug-likeness (QED) is 0.643. The first kappa shape index (κ1) is 23.8. The van der Waals surface area contributed by atoms with E-state index in [2.05, 4.69) is 52.0 Å². The number of anilines is 1. The maximum atomic E-state index is 13.3. The van der Waals surface area contributed by atoms with Crippen LogP contribution in [0.25, 0.3) is 0 Å². The smallest absolute Gasteiger partial charge is 0.228 e. The lowest BCUT2D eigenvalue weighted by atomic mass is 9.95. The van der Waals surface area contributed by atoms with Crippen LogP contribution in [0.15, 0.2) is 48.7 Å². The van der Waals surface area contributed by atoms with Crippen LogP contribution >= 0.6 is 0 Å². The molecule has 0 radical (unpaired) electrons. The van der Waals surface area contributed by atoms with E-state index in [0.29, 0.717) is 25.4 Å². The van der Waals surface area contributed by atoms with Crippen molar-refractivity contribution in [1.29, 1.82) is 0 Å². The number of aromatic nitrogens is 1. The highest BCUT2D eigenvalue weighted by Gasteiger charge is 2.38. The molecule has 3 aliphatic heterocycles. The zero-order valence-electron chi connectivity index (χ0n) is 20.8. The maximum absolute atomic E-state index is 13.3. The Morgan fingerprint density at radius 1 is 1.00 bits per heavy atom. The minimum Gasteiger partial charge on any atom is -0.354 e. The van der Waals surface area contributed by atoms with Gasteiger partial charge in [0.15, 0.2) is 0 Å². The number of hydrogen-bond acceptors (Lipinski definition) is 5. The van der Waals surface area contributed by atoms with Crippen LogP contribution < -0.4 is 4.90 Å². The average molecular weight is 476 g/mol. The van der Waals surface area contributed by atoms with Crippen molar-refractivity contribution in [3.8, 4) is 0 Å². The normalized spacial score (nSPS) is 23.7. The summed E-state index contributed by atoms with van der Waals surface area (Å²) in [6, 6.07) is 14.4. The SMILES string of the molecule is Cc1ccc(CN2CC(C(=O)N3CCCC(CN4CCN(c5ccccn5)CC4)C3)CC2=O)cc1. The molecule has 0 bridgehead atoms. The van der Waals surface area contributed by atoms with Crippen LogP contribution in [0.2, 0.25) is 0 Å². The molecule has 0 spiro atoms. The molecule has 0 N–H and O–H groups in total. The van der Waals surface area contributed by atoms with Crippen LogP contribution in [0.3, 0.4) is 0 Å². The van der Waals surface area contributed by atoms with Gasteiger partial charge in [0.25, 0.3) is 0 Å². The highest BCUT2D eigenvalue weighted by Crippen LogP contribution is 2.26. The zero-order chi connectivity index (χ0) is 24.2. The van der Waals surface area contributed by atoms with Gasteiger partial charge in [0.2, 0.25) is 11.8 Å². The first-order valence-electron chi connectivity index (χ1n) is 13.1. The molecule has 1 aromatic heterocycles. The van der Waals surface area contributed by atoms with E-state index in [-0.39, 0.29) is 17.7 Å². The molecule has 2 aromatic rings. The second-order valence-electron chi connectivity index (χ2n) is 10.4. The van der Waals surface area contributed by atoms with Crippen LogP contribution in [0.1, 0.15) is 30.4 Å². The predicted molar refractivity (Wildman–Crippen MR) is 137 cm³/mol. The molecule has 186 valence electrons. The fourth-order valence-corrected chi connectivity index (χ4v) is 5.74. The van der Waals surface area contributed by atoms with Crippen molar-refractivity contribution in [2.45, 2.75) is 32.7 Å². The Hall–Kier alpha value is -2.93. The predicted octanol–water partition coefficient (Wildman–Crippen LogP) is 2.80. The summed E-state index contributed by atoms with van der Waals surface area (Å²) in [7, 11) is 0. The van der Waals surface area contributed by atoms with E-state index in [0.717, 1.165) is 63.6 Å². The summed E-state index contributed by atoms with van der Waals surface area (Å²) in [6.45, 7) is 9.95. The van der Waals surface area contributed by atoms with Crippen LogP contribution in [0.5, 0.6) is 0 Å². The molecule has 7 nitrogen and oxygen atoms in total. The Bertz CT molecular complexity index is 1000. The van der Waals surface area contributed by atoms with E-state index in [1.54, 1.807) is 0 Å². The lowest BCUT2D eigenvalue weighted by Crippen LogP contribution is -2.51. The summed E-state index contributed by atoms with van der Waals surface area (Å²) in [4.78, 5) is 39.3. The molecule has 0 aliphatic carbocycles. The van der Waals surface area contributed by atoms with Gasteiger partial charge in [-0.05, 0) is 43.4 Å². The van der Waals surface area contributed by atoms with E-state index in [1.807, 2.05) is 28.1 Å². The maximum Gasteiger partial charge on any atom is 0.228 e. The summed E-state index contributed by atoms with van der Waals surface area (Å²) in [5.74, 6) is 1.64. The number of piperazine rings is 1. The van der Waals surface area contributed by atoms with Gasteiger partial charge < -0.3 is 14.7 Å². The molecule has 7 heteroatoms. The van der Waals surface area contributed by atoms with E-state index >= 15 is 0 Å². The van der Waals surface area contributed by atoms with Crippen LogP contribution in [0.4, 0.5) is 5.82 Å². The summed E-state index contributed by atoms with van der Waals surface area (Å²) >= 11 is 0. The molecule has 3 aliphatic rings. The third-order valence-corrected chi connectivity index (χ3v) is 7.75. The number of piperidine rings is 1. The molecule has 3 fully saturated rings. The molecular weight excluding hydrogens is 438 g/mol. The van der Waals surface area contributed by atoms with Gasteiger partial charge in [0.05, 0.1) is 5.92 Å². The van der Waals surface area contributed by atoms with Gasteiger partial charge in [-0.15, -0.1) is 0 Å². The van der Waals surface area contributed by atoms with Crippen molar-refractivity contribution in [1.82, 2.24) is 19.7 Å².